The number of aryl methyl sites for hydroxylation is 1. The number of carboxylic acid groups (broad SMARTS) is 1. The third-order valence-electron chi connectivity index (χ3n) is 4.07. The number of aromatic nitrogens is 2. The molecule has 2 N–H and O–H groups in total. The van der Waals surface area contributed by atoms with E-state index in [4.69, 9.17) is 0 Å². The van der Waals surface area contributed by atoms with E-state index in [1.54, 1.807) is 6.07 Å². The van der Waals surface area contributed by atoms with Crippen molar-refractivity contribution in [2.75, 3.05) is 11.6 Å². The standard InChI is InChI=1S/C17H21N3O5S/c1-5-11-6-7-13(26(4,24)25)8-14(11)15(21)19-12-9-18-20(10-12)17(2,3)16(22)23/h6-10H,5H2,1-4H3,(H,19,21)(H,22,23). The van der Waals surface area contributed by atoms with Crippen LogP contribution in [-0.4, -0.2) is 41.4 Å². The van der Waals surface area contributed by atoms with E-state index < -0.39 is 27.3 Å². The number of anilines is 1. The van der Waals surface area contributed by atoms with Crippen molar-refractivity contribution in [2.24, 2.45) is 0 Å². The maximum absolute atomic E-state index is 12.6. The molecule has 140 valence electrons. The zero-order valence-electron chi connectivity index (χ0n) is 15.0. The largest absolute Gasteiger partial charge is 0.479 e. The predicted octanol–water partition coefficient (Wildman–Crippen LogP) is 1.92. The number of carbonyl (C=O) groups is 2. The quantitative estimate of drug-likeness (QED) is 0.791. The highest BCUT2D eigenvalue weighted by Gasteiger charge is 2.30. The lowest BCUT2D eigenvalue weighted by atomic mass is 10.0. The Morgan fingerprint density at radius 1 is 1.31 bits per heavy atom. The summed E-state index contributed by atoms with van der Waals surface area (Å²) in [6, 6.07) is 4.43. The average molecular weight is 379 g/mol. The molecule has 9 heteroatoms. The van der Waals surface area contributed by atoms with Crippen LogP contribution < -0.4 is 5.32 Å². The Morgan fingerprint density at radius 3 is 2.50 bits per heavy atom. The fourth-order valence-electron chi connectivity index (χ4n) is 2.30. The molecule has 1 amide bonds. The van der Waals surface area contributed by atoms with E-state index >= 15 is 0 Å². The van der Waals surface area contributed by atoms with E-state index in [9.17, 15) is 23.1 Å². The Labute approximate surface area is 151 Å². The van der Waals surface area contributed by atoms with Gasteiger partial charge in [0.25, 0.3) is 5.91 Å². The second-order valence-corrected chi connectivity index (χ2v) is 8.45. The first kappa shape index (κ1) is 19.6. The molecule has 2 rings (SSSR count). The summed E-state index contributed by atoms with van der Waals surface area (Å²) in [6.07, 6.45) is 4.39. The van der Waals surface area contributed by atoms with Gasteiger partial charge in [0.1, 0.15) is 0 Å². The molecule has 1 aromatic heterocycles. The van der Waals surface area contributed by atoms with E-state index in [2.05, 4.69) is 10.4 Å². The minimum absolute atomic E-state index is 0.0579. The molecule has 0 fully saturated rings. The van der Waals surface area contributed by atoms with Gasteiger partial charge in [-0.2, -0.15) is 5.10 Å². The molecule has 26 heavy (non-hydrogen) atoms. The Balaban J connectivity index is 2.34. The molecular formula is C17H21N3O5S. The molecule has 2 aromatic rings. The highest BCUT2D eigenvalue weighted by molar-refractivity contribution is 7.90. The monoisotopic (exact) mass is 379 g/mol. The molecule has 0 aliphatic heterocycles. The third-order valence-corrected chi connectivity index (χ3v) is 5.18. The SMILES string of the molecule is CCc1ccc(S(C)(=O)=O)cc1C(=O)Nc1cnn(C(C)(C)C(=O)O)c1. The van der Waals surface area contributed by atoms with Gasteiger partial charge in [0.15, 0.2) is 15.4 Å². The number of nitrogens with zero attached hydrogens (tertiary/aromatic N) is 2. The van der Waals surface area contributed by atoms with Crippen LogP contribution in [0.1, 0.15) is 36.7 Å². The van der Waals surface area contributed by atoms with Crippen LogP contribution in [0.4, 0.5) is 5.69 Å². The number of carboxylic acids is 1. The molecule has 0 saturated heterocycles. The Kier molecular flexibility index (Phi) is 5.22. The molecule has 0 unspecified atom stereocenters. The summed E-state index contributed by atoms with van der Waals surface area (Å²) < 4.78 is 24.7. The number of sulfone groups is 1. The maximum Gasteiger partial charge on any atom is 0.331 e. The van der Waals surface area contributed by atoms with Crippen LogP contribution in [0, 0.1) is 0 Å². The van der Waals surface area contributed by atoms with Gasteiger partial charge >= 0.3 is 5.97 Å². The smallest absolute Gasteiger partial charge is 0.331 e. The summed E-state index contributed by atoms with van der Waals surface area (Å²) in [5.74, 6) is -1.55. The van der Waals surface area contributed by atoms with E-state index in [1.165, 1.54) is 43.1 Å². The number of hydrogen-bond donors (Lipinski definition) is 2. The summed E-state index contributed by atoms with van der Waals surface area (Å²) in [6.45, 7) is 4.83. The minimum atomic E-state index is -3.44. The van der Waals surface area contributed by atoms with Gasteiger partial charge in [0, 0.05) is 18.0 Å². The fourth-order valence-corrected chi connectivity index (χ4v) is 2.94. The fraction of sp³-hybridized carbons (Fsp3) is 0.353. The first-order valence-corrected chi connectivity index (χ1v) is 9.79. The molecule has 0 aliphatic carbocycles. The topological polar surface area (TPSA) is 118 Å². The summed E-state index contributed by atoms with van der Waals surface area (Å²) in [4.78, 5) is 23.9. The van der Waals surface area contributed by atoms with Crippen LogP contribution in [0.3, 0.4) is 0 Å². The number of rotatable bonds is 6. The summed E-state index contributed by atoms with van der Waals surface area (Å²) in [5.41, 5.74) is -0.00159. The molecule has 0 atom stereocenters. The van der Waals surface area contributed by atoms with Crippen molar-refractivity contribution in [3.8, 4) is 0 Å². The first-order valence-electron chi connectivity index (χ1n) is 7.89. The van der Waals surface area contributed by atoms with Crippen LogP contribution in [0.25, 0.3) is 0 Å². The Bertz CT molecular complexity index is 961. The summed E-state index contributed by atoms with van der Waals surface area (Å²) >= 11 is 0. The lowest BCUT2D eigenvalue weighted by molar-refractivity contribution is -0.146. The van der Waals surface area contributed by atoms with Crippen molar-refractivity contribution in [1.82, 2.24) is 9.78 Å². The molecule has 0 bridgehead atoms. The number of hydrogen-bond acceptors (Lipinski definition) is 5. The van der Waals surface area contributed by atoms with Gasteiger partial charge in [0.05, 0.1) is 16.8 Å². The van der Waals surface area contributed by atoms with Crippen LogP contribution >= 0.6 is 0 Å². The lowest BCUT2D eigenvalue weighted by Gasteiger charge is -2.19. The molecule has 0 aliphatic rings. The van der Waals surface area contributed by atoms with E-state index in [0.29, 0.717) is 17.7 Å². The number of carbonyl (C=O) groups excluding carboxylic acids is 1. The second-order valence-electron chi connectivity index (χ2n) is 6.44. The lowest BCUT2D eigenvalue weighted by Crippen LogP contribution is -2.35. The highest BCUT2D eigenvalue weighted by Crippen LogP contribution is 2.20. The van der Waals surface area contributed by atoms with Gasteiger partial charge in [-0.15, -0.1) is 0 Å². The van der Waals surface area contributed by atoms with E-state index in [0.717, 1.165) is 6.26 Å². The van der Waals surface area contributed by atoms with Gasteiger partial charge in [-0.1, -0.05) is 13.0 Å². The Morgan fingerprint density at radius 2 is 1.96 bits per heavy atom. The minimum Gasteiger partial charge on any atom is -0.479 e. The van der Waals surface area contributed by atoms with Gasteiger partial charge in [-0.3, -0.25) is 9.48 Å². The number of amides is 1. The number of nitrogens with one attached hydrogen (secondary N) is 1. The van der Waals surface area contributed by atoms with Crippen LogP contribution in [0.15, 0.2) is 35.5 Å². The van der Waals surface area contributed by atoms with Crippen molar-refractivity contribution < 1.29 is 23.1 Å². The molecule has 1 heterocycles. The summed E-state index contributed by atoms with van der Waals surface area (Å²) in [7, 11) is -3.44. The Hall–Kier alpha value is -2.68. The van der Waals surface area contributed by atoms with Gasteiger partial charge < -0.3 is 10.4 Å². The summed E-state index contributed by atoms with van der Waals surface area (Å²) in [5, 5.41) is 15.8. The van der Waals surface area contributed by atoms with Crippen LogP contribution in [0.2, 0.25) is 0 Å². The van der Waals surface area contributed by atoms with Crippen molar-refractivity contribution in [1.29, 1.82) is 0 Å². The molecule has 1 aromatic carbocycles. The predicted molar refractivity (Wildman–Crippen MR) is 96.1 cm³/mol. The van der Waals surface area contributed by atoms with Crippen molar-refractivity contribution >= 4 is 27.4 Å². The van der Waals surface area contributed by atoms with Crippen LogP contribution in [0.5, 0.6) is 0 Å². The first-order chi connectivity index (χ1) is 12.0. The molecular weight excluding hydrogens is 358 g/mol. The van der Waals surface area contributed by atoms with Crippen molar-refractivity contribution in [2.45, 2.75) is 37.6 Å². The maximum atomic E-state index is 12.6. The van der Waals surface area contributed by atoms with Crippen LogP contribution in [-0.2, 0) is 26.6 Å². The normalized spacial score (nSPS) is 12.0. The number of aliphatic carboxylic acids is 1. The van der Waals surface area contributed by atoms with Gasteiger partial charge in [-0.05, 0) is 38.0 Å². The highest BCUT2D eigenvalue weighted by atomic mass is 32.2. The van der Waals surface area contributed by atoms with Gasteiger partial charge in [-0.25, -0.2) is 13.2 Å². The van der Waals surface area contributed by atoms with Gasteiger partial charge in [0.2, 0.25) is 0 Å². The third kappa shape index (κ3) is 3.93. The molecule has 0 saturated carbocycles. The van der Waals surface area contributed by atoms with E-state index in [-0.39, 0.29) is 10.5 Å². The van der Waals surface area contributed by atoms with Crippen molar-refractivity contribution in [3.05, 3.63) is 41.7 Å². The van der Waals surface area contributed by atoms with Crippen molar-refractivity contribution in [3.63, 3.8) is 0 Å². The number of benzene rings is 1. The molecule has 8 nitrogen and oxygen atoms in total. The second kappa shape index (κ2) is 6.91. The zero-order valence-corrected chi connectivity index (χ0v) is 15.8. The van der Waals surface area contributed by atoms with E-state index in [1.807, 2.05) is 6.92 Å². The molecule has 0 radical (unpaired) electrons. The molecule has 0 spiro atoms. The zero-order chi connectivity index (χ0) is 19.7. The average Bonchev–Trinajstić information content (AvgIpc) is 3.02.